The molecule has 0 aromatic heterocycles. The van der Waals surface area contributed by atoms with Crippen molar-refractivity contribution >= 4 is 65.7 Å². The quantitative estimate of drug-likeness (QED) is 0.228. The molecule has 0 aliphatic rings. The third kappa shape index (κ3) is 11.5. The Bertz CT molecular complexity index is 167. The van der Waals surface area contributed by atoms with Crippen LogP contribution in [0.4, 0.5) is 0 Å². The highest BCUT2D eigenvalue weighted by molar-refractivity contribution is 8.14. The zero-order valence-electron chi connectivity index (χ0n) is 8.52. The smallest absolute Gasteiger partial charge is 0.151 e. The van der Waals surface area contributed by atoms with Gasteiger partial charge in [0.15, 0.2) is 5.17 Å². The molecule has 0 bridgehead atoms. The average molecular weight is 303 g/mol. The van der Waals surface area contributed by atoms with E-state index in [4.69, 9.17) is 11.1 Å². The second kappa shape index (κ2) is 11.7. The summed E-state index contributed by atoms with van der Waals surface area (Å²) in [7, 11) is 0. The summed E-state index contributed by atoms with van der Waals surface area (Å²) in [6.07, 6.45) is 0. The molecular weight excluding hydrogens is 284 g/mol. The number of hydrogen-bond acceptors (Lipinski definition) is 6. The maximum absolute atomic E-state index is 7.06. The zero-order valence-corrected chi connectivity index (χ0v) is 12.8. The van der Waals surface area contributed by atoms with Gasteiger partial charge in [-0.2, -0.15) is 48.8 Å². The molecule has 90 valence electrons. The number of rotatable bonds is 9. The van der Waals surface area contributed by atoms with Crippen LogP contribution in [0.2, 0.25) is 0 Å². The van der Waals surface area contributed by atoms with E-state index in [1.807, 2.05) is 23.5 Å². The van der Waals surface area contributed by atoms with Crippen LogP contribution in [-0.4, -0.2) is 44.9 Å². The van der Waals surface area contributed by atoms with Crippen LogP contribution in [0.25, 0.3) is 0 Å². The minimum atomic E-state index is 0.211. The van der Waals surface area contributed by atoms with E-state index < -0.39 is 0 Å². The van der Waals surface area contributed by atoms with Crippen LogP contribution in [0.1, 0.15) is 0 Å². The molecule has 0 spiro atoms. The highest BCUT2D eigenvalue weighted by Gasteiger charge is 2.06. The molecule has 0 heterocycles. The summed E-state index contributed by atoms with van der Waals surface area (Å²) < 4.78 is 0. The van der Waals surface area contributed by atoms with Crippen LogP contribution < -0.4 is 5.73 Å². The molecule has 3 N–H and O–H groups in total. The van der Waals surface area contributed by atoms with E-state index in [0.29, 0.717) is 5.25 Å². The Kier molecular flexibility index (Phi) is 12.6. The number of amidine groups is 1. The molecule has 0 amide bonds. The maximum Gasteiger partial charge on any atom is 0.151 e. The van der Waals surface area contributed by atoms with Gasteiger partial charge in [0.1, 0.15) is 0 Å². The summed E-state index contributed by atoms with van der Waals surface area (Å²) >= 11 is 13.8. The minimum Gasteiger partial charge on any atom is -0.379 e. The van der Waals surface area contributed by atoms with E-state index >= 15 is 0 Å². The Morgan fingerprint density at radius 2 is 2.00 bits per heavy atom. The average Bonchev–Trinajstić information content (AvgIpc) is 2.21. The Morgan fingerprint density at radius 1 is 1.27 bits per heavy atom. The zero-order chi connectivity index (χ0) is 11.5. The van der Waals surface area contributed by atoms with Crippen LogP contribution in [0, 0.1) is 5.41 Å². The third-order valence-electron chi connectivity index (χ3n) is 1.44. The van der Waals surface area contributed by atoms with Crippen LogP contribution >= 0.6 is 60.5 Å². The van der Waals surface area contributed by atoms with Gasteiger partial charge in [-0.15, -0.1) is 0 Å². The molecule has 15 heavy (non-hydrogen) atoms. The first-order valence-corrected chi connectivity index (χ1v) is 9.04. The molecule has 0 aromatic carbocycles. The second-order valence-corrected chi connectivity index (χ2v) is 7.19. The first kappa shape index (κ1) is 16.2. The molecule has 0 rings (SSSR count). The van der Waals surface area contributed by atoms with E-state index in [1.165, 1.54) is 11.8 Å². The third-order valence-corrected chi connectivity index (χ3v) is 6.22. The van der Waals surface area contributed by atoms with Crippen LogP contribution in [0.5, 0.6) is 0 Å². The lowest BCUT2D eigenvalue weighted by Crippen LogP contribution is -2.11. The first-order chi connectivity index (χ1) is 7.20. The van der Waals surface area contributed by atoms with Gasteiger partial charge < -0.3 is 5.73 Å². The molecule has 1 unspecified atom stereocenters. The van der Waals surface area contributed by atoms with Gasteiger partial charge in [-0.1, -0.05) is 11.8 Å². The summed E-state index contributed by atoms with van der Waals surface area (Å²) in [4.78, 5) is 0. The summed E-state index contributed by atoms with van der Waals surface area (Å²) in [5, 5.41) is 7.88. The normalized spacial score (nSPS) is 12.7. The van der Waals surface area contributed by atoms with Gasteiger partial charge in [-0.3, -0.25) is 5.41 Å². The van der Waals surface area contributed by atoms with Crippen molar-refractivity contribution in [1.29, 1.82) is 5.41 Å². The standard InChI is InChI=1S/C8H18N2S5/c9-8(10)15-4-3-14-7(5-12)6-13-2-1-11/h7,11-12H,1-6H2,(H3,9,10). The molecular formula is C8H18N2S5. The molecule has 0 saturated carbocycles. The van der Waals surface area contributed by atoms with Gasteiger partial charge in [0.05, 0.1) is 0 Å². The van der Waals surface area contributed by atoms with Gasteiger partial charge in [-0.25, -0.2) is 0 Å². The van der Waals surface area contributed by atoms with Crippen molar-refractivity contribution in [2.24, 2.45) is 5.73 Å². The number of nitrogens with one attached hydrogen (secondary N) is 1. The SMILES string of the molecule is N=C(N)SCCSC(CS)CSCCS. The fourth-order valence-electron chi connectivity index (χ4n) is 0.799. The van der Waals surface area contributed by atoms with Crippen molar-refractivity contribution in [3.05, 3.63) is 0 Å². The molecule has 0 radical (unpaired) electrons. The predicted octanol–water partition coefficient (Wildman–Crippen LogP) is 2.31. The molecule has 0 aliphatic carbocycles. The lowest BCUT2D eigenvalue weighted by molar-refractivity contribution is 1.15. The number of thiol groups is 2. The maximum atomic E-state index is 7.06. The Morgan fingerprint density at radius 3 is 2.53 bits per heavy atom. The number of nitrogens with two attached hydrogens (primary N) is 1. The number of hydrogen-bond donors (Lipinski definition) is 4. The van der Waals surface area contributed by atoms with Crippen molar-refractivity contribution in [2.75, 3.05) is 34.5 Å². The van der Waals surface area contributed by atoms with Crippen molar-refractivity contribution in [1.82, 2.24) is 0 Å². The summed E-state index contributed by atoms with van der Waals surface area (Å²) in [6, 6.07) is 0. The summed E-state index contributed by atoms with van der Waals surface area (Å²) in [5.74, 6) is 6.05. The topological polar surface area (TPSA) is 49.9 Å². The monoisotopic (exact) mass is 302 g/mol. The molecule has 0 aromatic rings. The Hall–Kier alpha value is 1.22. The second-order valence-electron chi connectivity index (χ2n) is 2.69. The van der Waals surface area contributed by atoms with Gasteiger partial charge in [0.2, 0.25) is 0 Å². The first-order valence-electron chi connectivity index (χ1n) is 4.58. The highest BCUT2D eigenvalue weighted by atomic mass is 32.2. The van der Waals surface area contributed by atoms with E-state index in [9.17, 15) is 0 Å². The molecule has 0 aliphatic heterocycles. The Balaban J connectivity index is 3.39. The van der Waals surface area contributed by atoms with E-state index in [2.05, 4.69) is 25.3 Å². The van der Waals surface area contributed by atoms with Gasteiger partial charge in [-0.05, 0) is 5.75 Å². The van der Waals surface area contributed by atoms with Crippen LogP contribution in [-0.2, 0) is 0 Å². The van der Waals surface area contributed by atoms with Crippen LogP contribution in [0.3, 0.4) is 0 Å². The van der Waals surface area contributed by atoms with Gasteiger partial charge in [0.25, 0.3) is 0 Å². The van der Waals surface area contributed by atoms with Gasteiger partial charge >= 0.3 is 0 Å². The molecule has 0 fully saturated rings. The highest BCUT2D eigenvalue weighted by Crippen LogP contribution is 2.19. The predicted molar refractivity (Wildman–Crippen MR) is 85.6 cm³/mol. The lowest BCUT2D eigenvalue weighted by Gasteiger charge is -2.12. The van der Waals surface area contributed by atoms with E-state index in [-0.39, 0.29) is 5.17 Å². The van der Waals surface area contributed by atoms with Crippen LogP contribution in [0.15, 0.2) is 0 Å². The lowest BCUT2D eigenvalue weighted by atomic mass is 10.5. The minimum absolute atomic E-state index is 0.211. The summed E-state index contributed by atoms with van der Waals surface area (Å²) in [5.41, 5.74) is 5.25. The van der Waals surface area contributed by atoms with Gasteiger partial charge in [0, 0.05) is 34.0 Å². The van der Waals surface area contributed by atoms with E-state index in [0.717, 1.165) is 34.5 Å². The van der Waals surface area contributed by atoms with E-state index in [1.54, 1.807) is 0 Å². The van der Waals surface area contributed by atoms with Crippen molar-refractivity contribution in [3.8, 4) is 0 Å². The van der Waals surface area contributed by atoms with Crippen molar-refractivity contribution in [2.45, 2.75) is 5.25 Å². The number of thioether (sulfide) groups is 3. The molecule has 2 nitrogen and oxygen atoms in total. The fourth-order valence-corrected chi connectivity index (χ4v) is 4.53. The fraction of sp³-hybridized carbons (Fsp3) is 0.875. The molecule has 1 atom stereocenters. The Labute approximate surface area is 116 Å². The largest absolute Gasteiger partial charge is 0.379 e. The van der Waals surface area contributed by atoms with Crippen molar-refractivity contribution < 1.29 is 0 Å². The molecule has 7 heteroatoms. The van der Waals surface area contributed by atoms with Crippen molar-refractivity contribution in [3.63, 3.8) is 0 Å². The summed E-state index contributed by atoms with van der Waals surface area (Å²) in [6.45, 7) is 0. The molecule has 0 saturated heterocycles.